The number of nitrogens with zero attached hydrogens (tertiary/aromatic N) is 1. The highest BCUT2D eigenvalue weighted by Gasteiger charge is 2.22. The molecule has 1 aromatic rings. The van der Waals surface area contributed by atoms with Crippen LogP contribution < -0.4 is 16.5 Å². The van der Waals surface area contributed by atoms with Gasteiger partial charge in [-0.1, -0.05) is 12.1 Å². The summed E-state index contributed by atoms with van der Waals surface area (Å²) in [5.74, 6) is -1.53. The number of nitrogens with two attached hydrogens (primary N) is 1. The molecule has 4 N–H and O–H groups in total. The van der Waals surface area contributed by atoms with Crippen molar-refractivity contribution in [3.8, 4) is 0 Å². The standard InChI is InChI=1S/C11H10N4O3/c12-10(17)6-3-1-2-4-7(6)13-11(18)8-5-9(16)15-14-8/h1-4H,5H2,(H2,12,17)(H,13,18)(H,15,16). The molecule has 0 aromatic heterocycles. The topological polar surface area (TPSA) is 114 Å². The molecule has 0 saturated carbocycles. The lowest BCUT2D eigenvalue weighted by atomic mass is 10.1. The van der Waals surface area contributed by atoms with Gasteiger partial charge in [0.1, 0.15) is 5.71 Å². The maximum atomic E-state index is 11.7. The lowest BCUT2D eigenvalue weighted by Crippen LogP contribution is -2.24. The van der Waals surface area contributed by atoms with Gasteiger partial charge in [-0.25, -0.2) is 5.43 Å². The van der Waals surface area contributed by atoms with Crippen LogP contribution in [0, 0.1) is 0 Å². The SMILES string of the molecule is NC(=O)c1ccccc1NC(=O)C1=NNC(=O)C1. The molecule has 7 nitrogen and oxygen atoms in total. The molecule has 2 rings (SSSR count). The van der Waals surface area contributed by atoms with E-state index < -0.39 is 11.8 Å². The summed E-state index contributed by atoms with van der Waals surface area (Å²) in [6.07, 6.45) is -0.0788. The third-order valence-corrected chi connectivity index (χ3v) is 2.35. The second-order valence-corrected chi connectivity index (χ2v) is 3.63. The van der Waals surface area contributed by atoms with Crippen LogP contribution in [0.1, 0.15) is 16.8 Å². The minimum atomic E-state index is -0.645. The first kappa shape index (κ1) is 11.8. The van der Waals surface area contributed by atoms with Crippen LogP contribution in [0.25, 0.3) is 0 Å². The summed E-state index contributed by atoms with van der Waals surface area (Å²) in [7, 11) is 0. The molecule has 0 aliphatic carbocycles. The van der Waals surface area contributed by atoms with Gasteiger partial charge in [-0.05, 0) is 12.1 Å². The van der Waals surface area contributed by atoms with Crippen molar-refractivity contribution >= 4 is 29.1 Å². The smallest absolute Gasteiger partial charge is 0.272 e. The number of para-hydroxylation sites is 1. The first-order chi connectivity index (χ1) is 8.58. The molecule has 0 spiro atoms. The highest BCUT2D eigenvalue weighted by Crippen LogP contribution is 2.14. The third kappa shape index (κ3) is 2.34. The molecule has 1 aliphatic rings. The Balaban J connectivity index is 2.17. The van der Waals surface area contributed by atoms with Crippen molar-refractivity contribution in [1.29, 1.82) is 0 Å². The normalized spacial score (nSPS) is 13.8. The second-order valence-electron chi connectivity index (χ2n) is 3.63. The molecule has 1 aliphatic heterocycles. The van der Waals surface area contributed by atoms with Gasteiger partial charge in [0.15, 0.2) is 0 Å². The van der Waals surface area contributed by atoms with Gasteiger partial charge < -0.3 is 11.1 Å². The highest BCUT2D eigenvalue weighted by molar-refractivity contribution is 6.46. The number of primary amides is 1. The summed E-state index contributed by atoms with van der Waals surface area (Å²) in [5.41, 5.74) is 7.90. The summed E-state index contributed by atoms with van der Waals surface area (Å²) < 4.78 is 0. The van der Waals surface area contributed by atoms with Crippen molar-refractivity contribution in [2.24, 2.45) is 10.8 Å². The van der Waals surface area contributed by atoms with Crippen LogP contribution in [0.2, 0.25) is 0 Å². The highest BCUT2D eigenvalue weighted by atomic mass is 16.2. The molecule has 0 radical (unpaired) electrons. The number of hydrogen-bond acceptors (Lipinski definition) is 4. The molecule has 3 amide bonds. The van der Waals surface area contributed by atoms with Crippen LogP contribution in [-0.4, -0.2) is 23.4 Å². The lowest BCUT2D eigenvalue weighted by Gasteiger charge is -2.07. The monoisotopic (exact) mass is 246 g/mol. The minimum absolute atomic E-state index is 0.0688. The van der Waals surface area contributed by atoms with Crippen molar-refractivity contribution in [3.63, 3.8) is 0 Å². The average Bonchev–Trinajstić information content (AvgIpc) is 2.76. The number of nitrogens with one attached hydrogen (secondary N) is 2. The Labute approximate surface area is 102 Å². The Bertz CT molecular complexity index is 565. The lowest BCUT2D eigenvalue weighted by molar-refractivity contribution is -0.119. The Hall–Kier alpha value is -2.70. The predicted octanol–water partition coefficient (Wildman–Crippen LogP) is -0.400. The van der Waals surface area contributed by atoms with Crippen molar-refractivity contribution in [2.45, 2.75) is 6.42 Å². The van der Waals surface area contributed by atoms with Crippen LogP contribution in [0.5, 0.6) is 0 Å². The van der Waals surface area contributed by atoms with Gasteiger partial charge in [-0.15, -0.1) is 0 Å². The number of hydrazone groups is 1. The van der Waals surface area contributed by atoms with E-state index in [0.29, 0.717) is 0 Å². The molecule has 18 heavy (non-hydrogen) atoms. The zero-order chi connectivity index (χ0) is 13.1. The number of rotatable bonds is 3. The summed E-state index contributed by atoms with van der Waals surface area (Å²) in [6.45, 7) is 0. The van der Waals surface area contributed by atoms with E-state index in [-0.39, 0.29) is 29.3 Å². The number of hydrogen-bond donors (Lipinski definition) is 3. The van der Waals surface area contributed by atoms with E-state index in [9.17, 15) is 14.4 Å². The molecule has 92 valence electrons. The fraction of sp³-hybridized carbons (Fsp3) is 0.0909. The Morgan fingerprint density at radius 1 is 1.33 bits per heavy atom. The third-order valence-electron chi connectivity index (χ3n) is 2.35. The summed E-state index contributed by atoms with van der Waals surface area (Å²) in [6, 6.07) is 6.33. The van der Waals surface area contributed by atoms with Crippen LogP contribution in [0.15, 0.2) is 29.4 Å². The maximum absolute atomic E-state index is 11.7. The van der Waals surface area contributed by atoms with Gasteiger partial charge in [0.05, 0.1) is 17.7 Å². The number of benzene rings is 1. The van der Waals surface area contributed by atoms with Gasteiger partial charge in [0, 0.05) is 0 Å². The van der Waals surface area contributed by atoms with Gasteiger partial charge in [0.2, 0.25) is 5.91 Å². The first-order valence-electron chi connectivity index (χ1n) is 5.13. The fourth-order valence-corrected chi connectivity index (χ4v) is 1.49. The Kier molecular flexibility index (Phi) is 3.05. The molecule has 0 fully saturated rings. The molecule has 7 heteroatoms. The van der Waals surface area contributed by atoms with E-state index in [1.165, 1.54) is 6.07 Å². The van der Waals surface area contributed by atoms with Gasteiger partial charge in [-0.3, -0.25) is 14.4 Å². The quantitative estimate of drug-likeness (QED) is 0.674. The van der Waals surface area contributed by atoms with E-state index in [4.69, 9.17) is 5.73 Å². The van der Waals surface area contributed by atoms with Gasteiger partial charge in [-0.2, -0.15) is 5.10 Å². The number of carbonyl (C=O) groups is 3. The molecular formula is C11H10N4O3. The van der Waals surface area contributed by atoms with Crippen molar-refractivity contribution in [2.75, 3.05) is 5.32 Å². The van der Waals surface area contributed by atoms with E-state index in [0.717, 1.165) is 0 Å². The van der Waals surface area contributed by atoms with Crippen molar-refractivity contribution in [3.05, 3.63) is 29.8 Å². The molecule has 0 unspecified atom stereocenters. The first-order valence-corrected chi connectivity index (χ1v) is 5.13. The molecule has 1 heterocycles. The van der Waals surface area contributed by atoms with Gasteiger partial charge >= 0.3 is 0 Å². The number of amides is 3. The summed E-state index contributed by atoms with van der Waals surface area (Å²) >= 11 is 0. The van der Waals surface area contributed by atoms with Crippen LogP contribution in [-0.2, 0) is 9.59 Å². The number of anilines is 1. The zero-order valence-corrected chi connectivity index (χ0v) is 9.27. The summed E-state index contributed by atoms with van der Waals surface area (Å²) in [5, 5.41) is 6.07. The fourth-order valence-electron chi connectivity index (χ4n) is 1.49. The second kappa shape index (κ2) is 4.66. The van der Waals surface area contributed by atoms with Crippen LogP contribution in [0.4, 0.5) is 5.69 Å². The Morgan fingerprint density at radius 2 is 2.06 bits per heavy atom. The molecule has 1 aromatic carbocycles. The number of carbonyl (C=O) groups excluding carboxylic acids is 3. The van der Waals surface area contributed by atoms with E-state index in [1.807, 2.05) is 0 Å². The zero-order valence-electron chi connectivity index (χ0n) is 9.27. The van der Waals surface area contributed by atoms with Crippen molar-refractivity contribution < 1.29 is 14.4 Å². The largest absolute Gasteiger partial charge is 0.366 e. The Morgan fingerprint density at radius 3 is 2.67 bits per heavy atom. The predicted molar refractivity (Wildman–Crippen MR) is 63.8 cm³/mol. The minimum Gasteiger partial charge on any atom is -0.366 e. The van der Waals surface area contributed by atoms with Crippen LogP contribution in [0.3, 0.4) is 0 Å². The van der Waals surface area contributed by atoms with E-state index in [1.54, 1.807) is 18.2 Å². The molecule has 0 atom stereocenters. The van der Waals surface area contributed by atoms with E-state index in [2.05, 4.69) is 15.8 Å². The molecule has 0 bridgehead atoms. The average molecular weight is 246 g/mol. The molecule has 0 saturated heterocycles. The van der Waals surface area contributed by atoms with E-state index >= 15 is 0 Å². The maximum Gasteiger partial charge on any atom is 0.272 e. The van der Waals surface area contributed by atoms with Crippen LogP contribution >= 0.6 is 0 Å². The molecular weight excluding hydrogens is 236 g/mol. The van der Waals surface area contributed by atoms with Gasteiger partial charge in [0.25, 0.3) is 11.8 Å². The summed E-state index contributed by atoms with van der Waals surface area (Å²) in [4.78, 5) is 33.8. The van der Waals surface area contributed by atoms with Crippen molar-refractivity contribution in [1.82, 2.24) is 5.43 Å².